The summed E-state index contributed by atoms with van der Waals surface area (Å²) < 4.78 is 46.5. The molecule has 0 bridgehead atoms. The molecule has 7 heteroatoms. The molecule has 0 aliphatic heterocycles. The number of hydrogen-bond acceptors (Lipinski definition) is 4. The SMILES string of the molecule is COCCC(C)Nc1cc(OC(F)F)c(F)cc1N. The van der Waals surface area contributed by atoms with E-state index >= 15 is 0 Å². The number of nitrogens with two attached hydrogens (primary N) is 1. The van der Waals surface area contributed by atoms with E-state index in [4.69, 9.17) is 10.5 Å². The molecule has 1 rings (SSSR count). The first-order valence-corrected chi connectivity index (χ1v) is 5.73. The number of ether oxygens (including phenoxy) is 2. The highest BCUT2D eigenvalue weighted by Crippen LogP contribution is 2.29. The molecule has 3 N–H and O–H groups in total. The van der Waals surface area contributed by atoms with Crippen LogP contribution in [0, 0.1) is 5.82 Å². The van der Waals surface area contributed by atoms with Crippen molar-refractivity contribution in [2.24, 2.45) is 0 Å². The van der Waals surface area contributed by atoms with Gasteiger partial charge in [0.15, 0.2) is 11.6 Å². The van der Waals surface area contributed by atoms with Crippen LogP contribution in [0.1, 0.15) is 13.3 Å². The van der Waals surface area contributed by atoms with Crippen LogP contribution in [-0.4, -0.2) is 26.4 Å². The smallest absolute Gasteiger partial charge is 0.387 e. The first-order chi connectivity index (χ1) is 8.93. The highest BCUT2D eigenvalue weighted by molar-refractivity contribution is 5.68. The van der Waals surface area contributed by atoms with Crippen molar-refractivity contribution in [2.45, 2.75) is 26.0 Å². The lowest BCUT2D eigenvalue weighted by molar-refractivity contribution is -0.0521. The summed E-state index contributed by atoms with van der Waals surface area (Å²) in [6.07, 6.45) is 0.693. The van der Waals surface area contributed by atoms with Crippen LogP contribution < -0.4 is 15.8 Å². The molecule has 4 nitrogen and oxygen atoms in total. The minimum absolute atomic E-state index is 0.00730. The summed E-state index contributed by atoms with van der Waals surface area (Å²) in [7, 11) is 1.58. The molecular formula is C12H17F3N2O2. The second kappa shape index (κ2) is 7.08. The molecule has 1 aromatic rings. The number of methoxy groups -OCH3 is 1. The average molecular weight is 278 g/mol. The lowest BCUT2D eigenvalue weighted by Gasteiger charge is -2.17. The topological polar surface area (TPSA) is 56.5 Å². The third kappa shape index (κ3) is 4.86. The zero-order chi connectivity index (χ0) is 14.4. The third-order valence-corrected chi connectivity index (χ3v) is 2.48. The number of halogens is 3. The minimum Gasteiger partial charge on any atom is -0.432 e. The van der Waals surface area contributed by atoms with Gasteiger partial charge in [0.2, 0.25) is 0 Å². The Hall–Kier alpha value is -1.63. The van der Waals surface area contributed by atoms with Crippen molar-refractivity contribution in [3.05, 3.63) is 17.9 Å². The Morgan fingerprint density at radius 1 is 1.37 bits per heavy atom. The Kier molecular flexibility index (Phi) is 5.75. The van der Waals surface area contributed by atoms with Gasteiger partial charge >= 0.3 is 6.61 Å². The molecular weight excluding hydrogens is 261 g/mol. The van der Waals surface area contributed by atoms with Crippen LogP contribution in [0.4, 0.5) is 24.5 Å². The van der Waals surface area contributed by atoms with Crippen molar-refractivity contribution in [3.8, 4) is 5.75 Å². The van der Waals surface area contributed by atoms with Crippen molar-refractivity contribution >= 4 is 11.4 Å². The number of anilines is 2. The Morgan fingerprint density at radius 3 is 2.63 bits per heavy atom. The molecule has 1 atom stereocenters. The van der Waals surface area contributed by atoms with Crippen LogP contribution in [0.15, 0.2) is 12.1 Å². The number of alkyl halides is 2. The van der Waals surface area contributed by atoms with Crippen LogP contribution in [-0.2, 0) is 4.74 Å². The fraction of sp³-hybridized carbons (Fsp3) is 0.500. The van der Waals surface area contributed by atoms with Crippen LogP contribution in [0.3, 0.4) is 0 Å². The number of hydrogen-bond donors (Lipinski definition) is 2. The second-order valence-electron chi connectivity index (χ2n) is 4.08. The summed E-state index contributed by atoms with van der Waals surface area (Å²) in [5.74, 6) is -1.46. The molecule has 108 valence electrons. The summed E-state index contributed by atoms with van der Waals surface area (Å²) in [6.45, 7) is -0.678. The van der Waals surface area contributed by atoms with Gasteiger partial charge in [-0.25, -0.2) is 4.39 Å². The quantitative estimate of drug-likeness (QED) is 0.753. The van der Waals surface area contributed by atoms with E-state index in [2.05, 4.69) is 10.1 Å². The summed E-state index contributed by atoms with van der Waals surface area (Å²) in [5, 5.41) is 2.99. The molecule has 0 heterocycles. The van der Waals surface area contributed by atoms with Gasteiger partial charge in [0.1, 0.15) is 0 Å². The largest absolute Gasteiger partial charge is 0.432 e. The van der Waals surface area contributed by atoms with E-state index in [1.165, 1.54) is 0 Å². The van der Waals surface area contributed by atoms with Crippen LogP contribution in [0.25, 0.3) is 0 Å². The average Bonchev–Trinajstić information content (AvgIpc) is 2.32. The van der Waals surface area contributed by atoms with Gasteiger partial charge in [-0.3, -0.25) is 0 Å². The van der Waals surface area contributed by atoms with Gasteiger partial charge in [-0.1, -0.05) is 0 Å². The molecule has 1 unspecified atom stereocenters. The third-order valence-electron chi connectivity index (χ3n) is 2.48. The molecule has 19 heavy (non-hydrogen) atoms. The summed E-state index contributed by atoms with van der Waals surface area (Å²) in [6, 6.07) is 2.07. The van der Waals surface area contributed by atoms with Gasteiger partial charge in [-0.15, -0.1) is 0 Å². The van der Waals surface area contributed by atoms with Crippen molar-refractivity contribution in [2.75, 3.05) is 24.8 Å². The maximum Gasteiger partial charge on any atom is 0.387 e. The second-order valence-corrected chi connectivity index (χ2v) is 4.08. The van der Waals surface area contributed by atoms with Gasteiger partial charge < -0.3 is 20.5 Å². The number of nitrogens with one attached hydrogen (secondary N) is 1. The van der Waals surface area contributed by atoms with Crippen LogP contribution in [0.5, 0.6) is 5.75 Å². The predicted octanol–water partition coefficient (Wildman–Crippen LogP) is 2.85. The lowest BCUT2D eigenvalue weighted by atomic mass is 10.2. The number of benzene rings is 1. The predicted molar refractivity (Wildman–Crippen MR) is 67.0 cm³/mol. The molecule has 1 aromatic carbocycles. The van der Waals surface area contributed by atoms with Gasteiger partial charge in [0.25, 0.3) is 0 Å². The highest BCUT2D eigenvalue weighted by Gasteiger charge is 2.14. The van der Waals surface area contributed by atoms with Gasteiger partial charge in [-0.05, 0) is 13.3 Å². The van der Waals surface area contributed by atoms with E-state index < -0.39 is 18.2 Å². The molecule has 0 aromatic heterocycles. The molecule has 0 radical (unpaired) electrons. The van der Waals surface area contributed by atoms with Crippen LogP contribution in [0.2, 0.25) is 0 Å². The van der Waals surface area contributed by atoms with Crippen molar-refractivity contribution in [3.63, 3.8) is 0 Å². The summed E-state index contributed by atoms with van der Waals surface area (Å²) >= 11 is 0. The van der Waals surface area contributed by atoms with Crippen LogP contribution >= 0.6 is 0 Å². The normalized spacial score (nSPS) is 12.5. The molecule has 0 spiro atoms. The summed E-state index contributed by atoms with van der Waals surface area (Å²) in [4.78, 5) is 0. The molecule has 0 amide bonds. The van der Waals surface area contributed by atoms with Gasteiger partial charge in [-0.2, -0.15) is 8.78 Å². The van der Waals surface area contributed by atoms with E-state index in [1.807, 2.05) is 6.92 Å². The zero-order valence-electron chi connectivity index (χ0n) is 10.8. The molecule has 0 saturated heterocycles. The maximum atomic E-state index is 13.3. The summed E-state index contributed by atoms with van der Waals surface area (Å²) in [5.41, 5.74) is 6.10. The van der Waals surface area contributed by atoms with Crippen molar-refractivity contribution in [1.82, 2.24) is 0 Å². The zero-order valence-corrected chi connectivity index (χ0v) is 10.8. The van der Waals surface area contributed by atoms with Gasteiger partial charge in [0, 0.05) is 31.9 Å². The van der Waals surface area contributed by atoms with Gasteiger partial charge in [0.05, 0.1) is 11.4 Å². The monoisotopic (exact) mass is 278 g/mol. The Balaban J connectivity index is 2.82. The fourth-order valence-corrected chi connectivity index (χ4v) is 1.51. The first-order valence-electron chi connectivity index (χ1n) is 5.73. The first kappa shape index (κ1) is 15.4. The Bertz CT molecular complexity index is 416. The van der Waals surface area contributed by atoms with E-state index in [-0.39, 0.29) is 11.7 Å². The van der Waals surface area contributed by atoms with Crippen molar-refractivity contribution < 1.29 is 22.6 Å². The Labute approximate surface area is 109 Å². The lowest BCUT2D eigenvalue weighted by Crippen LogP contribution is -2.18. The Morgan fingerprint density at radius 2 is 2.05 bits per heavy atom. The molecule has 0 fully saturated rings. The van der Waals surface area contributed by atoms with E-state index in [9.17, 15) is 13.2 Å². The highest BCUT2D eigenvalue weighted by atomic mass is 19.3. The number of rotatable bonds is 7. The maximum absolute atomic E-state index is 13.3. The van der Waals surface area contributed by atoms with E-state index in [1.54, 1.807) is 7.11 Å². The minimum atomic E-state index is -3.09. The van der Waals surface area contributed by atoms with Crippen molar-refractivity contribution in [1.29, 1.82) is 0 Å². The molecule has 0 aliphatic rings. The fourth-order valence-electron chi connectivity index (χ4n) is 1.51. The van der Waals surface area contributed by atoms with E-state index in [0.717, 1.165) is 12.1 Å². The number of nitrogen functional groups attached to an aromatic ring is 1. The standard InChI is InChI=1S/C12H17F3N2O2/c1-7(3-4-18-2)17-10-6-11(19-12(14)15)8(13)5-9(10)16/h5-7,12,17H,3-4,16H2,1-2H3. The molecule has 0 saturated carbocycles. The van der Waals surface area contributed by atoms with E-state index in [0.29, 0.717) is 18.7 Å². The molecule has 0 aliphatic carbocycles.